The largest absolute Gasteiger partial charge is 0.449 e. The highest BCUT2D eigenvalue weighted by Gasteiger charge is 2.21. The number of carbonyl (C=O) groups is 2. The molecule has 1 amide bonds. The molecule has 0 unspecified atom stereocenters. The number of nitrogens with zero attached hydrogens (tertiary/aromatic N) is 1. The number of nitriles is 1. The third-order valence-electron chi connectivity index (χ3n) is 3.11. The molecule has 0 spiro atoms. The van der Waals surface area contributed by atoms with Gasteiger partial charge < -0.3 is 10.1 Å². The number of benzene rings is 2. The zero-order valence-electron chi connectivity index (χ0n) is 12.5. The van der Waals surface area contributed by atoms with Gasteiger partial charge in [-0.25, -0.2) is 9.18 Å². The number of rotatable bonds is 4. The molecule has 0 saturated carbocycles. The molecule has 0 saturated heterocycles. The Bertz CT molecular complexity index is 833. The Balaban J connectivity index is 2.07. The average molecular weight is 391 g/mol. The number of amides is 1. The fourth-order valence-corrected chi connectivity index (χ4v) is 2.26. The first kappa shape index (κ1) is 17.6. The minimum absolute atomic E-state index is 0.0212. The monoisotopic (exact) mass is 390 g/mol. The lowest BCUT2D eigenvalue weighted by Crippen LogP contribution is -2.30. The molecule has 0 aliphatic heterocycles. The lowest BCUT2D eigenvalue weighted by molar-refractivity contribution is -0.123. The molecule has 0 fully saturated rings. The van der Waals surface area contributed by atoms with E-state index in [0.717, 1.165) is 6.07 Å². The summed E-state index contributed by atoms with van der Waals surface area (Å²) in [6.45, 7) is 1.38. The maximum atomic E-state index is 13.2. The highest BCUT2D eigenvalue weighted by atomic mass is 79.9. The number of esters is 1. The van der Waals surface area contributed by atoms with Gasteiger partial charge in [-0.15, -0.1) is 0 Å². The van der Waals surface area contributed by atoms with Crippen LogP contribution in [-0.2, 0) is 9.53 Å². The number of nitrogens with one attached hydrogen (secondary N) is 1. The molecule has 122 valence electrons. The molecule has 2 rings (SSSR count). The number of hydrogen-bond acceptors (Lipinski definition) is 4. The average Bonchev–Trinajstić information content (AvgIpc) is 2.57. The lowest BCUT2D eigenvalue weighted by atomic mass is 10.2. The van der Waals surface area contributed by atoms with Crippen molar-refractivity contribution in [2.45, 2.75) is 13.0 Å². The van der Waals surface area contributed by atoms with Crippen LogP contribution in [0.5, 0.6) is 0 Å². The van der Waals surface area contributed by atoms with Gasteiger partial charge in [0.25, 0.3) is 5.91 Å². The summed E-state index contributed by atoms with van der Waals surface area (Å²) in [7, 11) is 0. The predicted octanol–water partition coefficient (Wildman–Crippen LogP) is 3.64. The van der Waals surface area contributed by atoms with Crippen LogP contribution in [0.1, 0.15) is 22.8 Å². The Hall–Kier alpha value is -2.72. The van der Waals surface area contributed by atoms with Crippen molar-refractivity contribution in [2.24, 2.45) is 0 Å². The van der Waals surface area contributed by atoms with Gasteiger partial charge in [-0.3, -0.25) is 4.79 Å². The van der Waals surface area contributed by atoms with Gasteiger partial charge in [-0.1, -0.05) is 12.1 Å². The normalized spacial score (nSPS) is 11.2. The van der Waals surface area contributed by atoms with Crippen LogP contribution in [0.3, 0.4) is 0 Å². The van der Waals surface area contributed by atoms with Gasteiger partial charge in [0.1, 0.15) is 11.9 Å². The fourth-order valence-electron chi connectivity index (χ4n) is 1.86. The summed E-state index contributed by atoms with van der Waals surface area (Å²) in [6, 6.07) is 12.0. The minimum Gasteiger partial charge on any atom is -0.449 e. The Morgan fingerprint density at radius 2 is 2.00 bits per heavy atom. The molecule has 2 aromatic rings. The van der Waals surface area contributed by atoms with Gasteiger partial charge in [0.05, 0.1) is 16.8 Å². The van der Waals surface area contributed by atoms with E-state index in [4.69, 9.17) is 10.00 Å². The van der Waals surface area contributed by atoms with Crippen molar-refractivity contribution in [3.8, 4) is 6.07 Å². The second kappa shape index (κ2) is 7.70. The molecule has 1 N–H and O–H groups in total. The van der Waals surface area contributed by atoms with Crippen LogP contribution >= 0.6 is 15.9 Å². The molecule has 7 heteroatoms. The van der Waals surface area contributed by atoms with Crippen molar-refractivity contribution in [3.63, 3.8) is 0 Å². The van der Waals surface area contributed by atoms with E-state index in [0.29, 0.717) is 10.2 Å². The molecule has 1 atom stereocenters. The Morgan fingerprint density at radius 1 is 1.29 bits per heavy atom. The van der Waals surface area contributed by atoms with Gasteiger partial charge in [-0.05, 0) is 53.2 Å². The molecule has 0 heterocycles. The Kier molecular flexibility index (Phi) is 5.66. The van der Waals surface area contributed by atoms with Crippen LogP contribution in [-0.4, -0.2) is 18.0 Å². The highest BCUT2D eigenvalue weighted by molar-refractivity contribution is 9.10. The van der Waals surface area contributed by atoms with Crippen LogP contribution in [0.25, 0.3) is 0 Å². The summed E-state index contributed by atoms with van der Waals surface area (Å²) in [5.41, 5.74) is 0.587. The van der Waals surface area contributed by atoms with Crippen LogP contribution in [0.4, 0.5) is 10.1 Å². The van der Waals surface area contributed by atoms with Gasteiger partial charge >= 0.3 is 5.97 Å². The molecule has 2 aromatic carbocycles. The highest BCUT2D eigenvalue weighted by Crippen LogP contribution is 2.20. The maximum absolute atomic E-state index is 13.2. The summed E-state index contributed by atoms with van der Waals surface area (Å²) < 4.78 is 18.6. The molecule has 5 nitrogen and oxygen atoms in total. The van der Waals surface area contributed by atoms with Crippen molar-refractivity contribution in [2.75, 3.05) is 5.32 Å². The van der Waals surface area contributed by atoms with Gasteiger partial charge in [0.15, 0.2) is 6.10 Å². The molecule has 0 bridgehead atoms. The molecule has 24 heavy (non-hydrogen) atoms. The van der Waals surface area contributed by atoms with E-state index >= 15 is 0 Å². The van der Waals surface area contributed by atoms with Gasteiger partial charge in [0.2, 0.25) is 0 Å². The van der Waals surface area contributed by atoms with Crippen molar-refractivity contribution in [3.05, 3.63) is 63.9 Å². The standard InChI is InChI=1S/C17H12BrFN2O3/c1-10(16(22)21-15-5-3-2-4-11(15)9-20)24-17(23)13-8-12(19)6-7-14(13)18/h2-8,10H,1H3,(H,21,22)/t10-/m0/s1. The van der Waals surface area contributed by atoms with Crippen molar-refractivity contribution in [1.82, 2.24) is 0 Å². The summed E-state index contributed by atoms with van der Waals surface area (Å²) in [4.78, 5) is 24.2. The quantitative estimate of drug-likeness (QED) is 0.808. The summed E-state index contributed by atoms with van der Waals surface area (Å²) >= 11 is 3.13. The SMILES string of the molecule is C[C@H](OC(=O)c1cc(F)ccc1Br)C(=O)Nc1ccccc1C#N. The maximum Gasteiger partial charge on any atom is 0.340 e. The first-order chi connectivity index (χ1) is 11.4. The molecule has 0 aliphatic rings. The predicted molar refractivity (Wildman–Crippen MR) is 88.8 cm³/mol. The van der Waals surface area contributed by atoms with E-state index < -0.39 is 23.8 Å². The van der Waals surface area contributed by atoms with E-state index in [-0.39, 0.29) is 11.1 Å². The first-order valence-corrected chi connectivity index (χ1v) is 7.67. The number of para-hydroxylation sites is 1. The van der Waals surface area contributed by atoms with Gasteiger partial charge in [-0.2, -0.15) is 5.26 Å². The molecular weight excluding hydrogens is 379 g/mol. The topological polar surface area (TPSA) is 79.2 Å². The summed E-state index contributed by atoms with van der Waals surface area (Å²) in [5.74, 6) is -2.03. The lowest BCUT2D eigenvalue weighted by Gasteiger charge is -2.14. The fraction of sp³-hybridized carbons (Fsp3) is 0.118. The number of carbonyl (C=O) groups excluding carboxylic acids is 2. The van der Waals surface area contributed by atoms with Crippen molar-refractivity contribution in [1.29, 1.82) is 5.26 Å². The van der Waals surface area contributed by atoms with E-state index in [9.17, 15) is 14.0 Å². The second-order valence-corrected chi connectivity index (χ2v) is 5.67. The third-order valence-corrected chi connectivity index (χ3v) is 3.80. The summed E-state index contributed by atoms with van der Waals surface area (Å²) in [6.07, 6.45) is -1.13. The van der Waals surface area contributed by atoms with Crippen LogP contribution in [0.2, 0.25) is 0 Å². The second-order valence-electron chi connectivity index (χ2n) is 4.82. The Morgan fingerprint density at radius 3 is 2.71 bits per heavy atom. The smallest absolute Gasteiger partial charge is 0.340 e. The number of ether oxygens (including phenoxy) is 1. The molecular formula is C17H12BrFN2O3. The van der Waals surface area contributed by atoms with E-state index in [1.165, 1.54) is 19.1 Å². The van der Waals surface area contributed by atoms with Crippen molar-refractivity contribution >= 4 is 33.5 Å². The number of hydrogen-bond donors (Lipinski definition) is 1. The third kappa shape index (κ3) is 4.18. The van der Waals surface area contributed by atoms with Crippen LogP contribution in [0, 0.1) is 17.1 Å². The number of halogens is 2. The minimum atomic E-state index is -1.13. The molecule has 0 radical (unpaired) electrons. The Labute approximate surface area is 146 Å². The van der Waals surface area contributed by atoms with Crippen molar-refractivity contribution < 1.29 is 18.7 Å². The van der Waals surface area contributed by atoms with Gasteiger partial charge in [0, 0.05) is 4.47 Å². The zero-order valence-corrected chi connectivity index (χ0v) is 14.1. The molecule has 0 aliphatic carbocycles. The van der Waals surface area contributed by atoms with E-state index in [2.05, 4.69) is 21.2 Å². The number of anilines is 1. The van der Waals surface area contributed by atoms with E-state index in [1.807, 2.05) is 6.07 Å². The zero-order chi connectivity index (χ0) is 17.7. The summed E-state index contributed by atoms with van der Waals surface area (Å²) in [5, 5.41) is 11.5. The van der Waals surface area contributed by atoms with Crippen LogP contribution in [0.15, 0.2) is 46.9 Å². The first-order valence-electron chi connectivity index (χ1n) is 6.88. The van der Waals surface area contributed by atoms with E-state index in [1.54, 1.807) is 24.3 Å². The molecule has 0 aromatic heterocycles. The van der Waals surface area contributed by atoms with Crippen LogP contribution < -0.4 is 5.32 Å².